The summed E-state index contributed by atoms with van der Waals surface area (Å²) in [5.41, 5.74) is -0.805. The minimum absolute atomic E-state index is 0.0677. The zero-order valence-corrected chi connectivity index (χ0v) is 47.6. The summed E-state index contributed by atoms with van der Waals surface area (Å²) < 4.78 is 18.7. The molecule has 7 heteroatoms. The van der Waals surface area contributed by atoms with E-state index in [0.29, 0.717) is 30.2 Å². The first-order chi connectivity index (χ1) is 34.1. The van der Waals surface area contributed by atoms with Crippen molar-refractivity contribution in [3.05, 3.63) is 36.5 Å². The van der Waals surface area contributed by atoms with Gasteiger partial charge in [0.25, 0.3) is 0 Å². The largest absolute Gasteiger partial charge is 0.465 e. The minimum Gasteiger partial charge on any atom is -0.465 e. The molecule has 0 heterocycles. The van der Waals surface area contributed by atoms with Gasteiger partial charge in [0.1, 0.15) is 19.8 Å². The molecule has 0 unspecified atom stereocenters. The standard InChI is InChI=1S/C63H118NO6/c1-7-10-13-16-19-22-25-28-31-34-37-40-43-46-49-52-60(65)68-57-63(55-56-64(4,5)6,58-69-61(66)53-50-47-44-41-38-35-32-29-26-23-20-17-14-11-8-2)59-70-62(67)54-51-48-45-42-39-36-33-30-27-24-21-18-15-12-9-3/h28-33H,7-27,34-59H2,1-6H3/q+1/b31-28-,32-29-,33-30-. The highest BCUT2D eigenvalue weighted by Gasteiger charge is 2.37. The molecule has 70 heavy (non-hydrogen) atoms. The Morgan fingerprint density at radius 2 is 0.543 bits per heavy atom. The van der Waals surface area contributed by atoms with E-state index < -0.39 is 5.41 Å². The van der Waals surface area contributed by atoms with E-state index in [9.17, 15) is 14.4 Å². The van der Waals surface area contributed by atoms with E-state index >= 15 is 0 Å². The van der Waals surface area contributed by atoms with E-state index in [1.165, 1.54) is 173 Å². The Hall–Kier alpha value is -2.41. The van der Waals surface area contributed by atoms with Gasteiger partial charge in [-0.25, -0.2) is 0 Å². The molecule has 0 saturated heterocycles. The Kier molecular flexibility index (Phi) is 49.7. The first-order valence-corrected chi connectivity index (χ1v) is 30.3. The fourth-order valence-corrected chi connectivity index (χ4v) is 8.85. The second-order valence-corrected chi connectivity index (χ2v) is 22.2. The number of carbonyl (C=O) groups is 3. The molecule has 0 rings (SSSR count). The zero-order valence-electron chi connectivity index (χ0n) is 47.6. The topological polar surface area (TPSA) is 78.9 Å². The van der Waals surface area contributed by atoms with Crippen LogP contribution in [0.3, 0.4) is 0 Å². The van der Waals surface area contributed by atoms with Crippen molar-refractivity contribution in [2.75, 3.05) is 47.5 Å². The lowest BCUT2D eigenvalue weighted by atomic mass is 9.86. The fourth-order valence-electron chi connectivity index (χ4n) is 8.85. The lowest BCUT2D eigenvalue weighted by Gasteiger charge is -2.35. The summed E-state index contributed by atoms with van der Waals surface area (Å²) in [4.78, 5) is 39.5. The summed E-state index contributed by atoms with van der Waals surface area (Å²) in [6.07, 6.45) is 62.9. The molecule has 0 aromatic rings. The van der Waals surface area contributed by atoms with E-state index in [0.717, 1.165) is 83.6 Å². The summed E-state index contributed by atoms with van der Waals surface area (Å²) in [6, 6.07) is 0. The van der Waals surface area contributed by atoms with Crippen LogP contribution in [0.15, 0.2) is 36.5 Å². The van der Waals surface area contributed by atoms with Crippen LogP contribution in [0.4, 0.5) is 0 Å². The van der Waals surface area contributed by atoms with Gasteiger partial charge in [0.2, 0.25) is 0 Å². The molecule has 410 valence electrons. The summed E-state index contributed by atoms with van der Waals surface area (Å²) in [6.45, 7) is 7.76. The second-order valence-electron chi connectivity index (χ2n) is 22.2. The van der Waals surface area contributed by atoms with Crippen LogP contribution < -0.4 is 0 Å². The molecule has 0 bridgehead atoms. The third kappa shape index (κ3) is 50.5. The summed E-state index contributed by atoms with van der Waals surface area (Å²) in [5.74, 6) is -0.690. The molecule has 0 saturated carbocycles. The number of hydrogen-bond donors (Lipinski definition) is 0. The quantitative estimate of drug-likeness (QED) is 0.0199. The molecule has 0 aromatic carbocycles. The third-order valence-electron chi connectivity index (χ3n) is 13.9. The number of ether oxygens (including phenoxy) is 3. The average Bonchev–Trinajstić information content (AvgIpc) is 3.34. The van der Waals surface area contributed by atoms with Crippen LogP contribution in [0.5, 0.6) is 0 Å². The van der Waals surface area contributed by atoms with Crippen molar-refractivity contribution in [1.29, 1.82) is 0 Å². The van der Waals surface area contributed by atoms with E-state index in [-0.39, 0.29) is 37.7 Å². The number of carbonyl (C=O) groups excluding carboxylic acids is 3. The van der Waals surface area contributed by atoms with Gasteiger partial charge in [-0.3, -0.25) is 14.4 Å². The maximum Gasteiger partial charge on any atom is 0.305 e. The van der Waals surface area contributed by atoms with Crippen LogP contribution in [-0.2, 0) is 28.6 Å². The van der Waals surface area contributed by atoms with Gasteiger partial charge in [-0.05, 0) is 96.3 Å². The predicted octanol–water partition coefficient (Wildman–Crippen LogP) is 18.8. The average molecular weight is 986 g/mol. The van der Waals surface area contributed by atoms with Gasteiger partial charge >= 0.3 is 17.9 Å². The van der Waals surface area contributed by atoms with Crippen molar-refractivity contribution in [2.24, 2.45) is 5.41 Å². The monoisotopic (exact) mass is 985 g/mol. The number of nitrogens with zero attached hydrogens (tertiary/aromatic N) is 1. The van der Waals surface area contributed by atoms with Gasteiger partial charge in [0.05, 0.1) is 33.1 Å². The number of esters is 3. The third-order valence-corrected chi connectivity index (χ3v) is 13.9. The highest BCUT2D eigenvalue weighted by molar-refractivity contribution is 5.70. The molecule has 0 aliphatic carbocycles. The highest BCUT2D eigenvalue weighted by Crippen LogP contribution is 2.27. The Balaban J connectivity index is 5.01. The van der Waals surface area contributed by atoms with Crippen LogP contribution in [-0.4, -0.2) is 69.9 Å². The van der Waals surface area contributed by atoms with Gasteiger partial charge in [-0.2, -0.15) is 0 Å². The number of quaternary nitrogens is 1. The van der Waals surface area contributed by atoms with Gasteiger partial charge in [-0.1, -0.05) is 211 Å². The number of hydrogen-bond acceptors (Lipinski definition) is 6. The van der Waals surface area contributed by atoms with Crippen LogP contribution >= 0.6 is 0 Å². The summed E-state index contributed by atoms with van der Waals surface area (Å²) >= 11 is 0. The van der Waals surface area contributed by atoms with Crippen molar-refractivity contribution in [1.82, 2.24) is 0 Å². The second kappa shape index (κ2) is 51.5. The summed E-state index contributed by atoms with van der Waals surface area (Å²) in [7, 11) is 6.38. The first-order valence-electron chi connectivity index (χ1n) is 30.3. The SMILES string of the molecule is CCCCCCCC/C=C\CCCCCCCC(=O)OCC(CC[N+](C)(C)C)(COC(=O)CCCCCCC/C=C\CCCCCCCC)COC(=O)CCCCCCC/C=C\CCCCCCCC. The van der Waals surface area contributed by atoms with Crippen molar-refractivity contribution < 1.29 is 33.1 Å². The first kappa shape index (κ1) is 67.6. The summed E-state index contributed by atoms with van der Waals surface area (Å²) in [5, 5.41) is 0. The maximum absolute atomic E-state index is 13.2. The van der Waals surface area contributed by atoms with Crippen molar-refractivity contribution in [3.63, 3.8) is 0 Å². The molecule has 0 atom stereocenters. The lowest BCUT2D eigenvalue weighted by Crippen LogP contribution is -2.45. The molecule has 0 aliphatic rings. The van der Waals surface area contributed by atoms with Crippen LogP contribution in [0.25, 0.3) is 0 Å². The Morgan fingerprint density at radius 3 is 0.771 bits per heavy atom. The number of rotatable bonds is 54. The molecule has 0 spiro atoms. The lowest BCUT2D eigenvalue weighted by molar-refractivity contribution is -0.871. The Labute approximate surface area is 435 Å². The molecule has 0 amide bonds. The van der Waals surface area contributed by atoms with Crippen LogP contribution in [0, 0.1) is 5.41 Å². The van der Waals surface area contributed by atoms with Crippen molar-refractivity contribution in [3.8, 4) is 0 Å². The van der Waals surface area contributed by atoms with Crippen LogP contribution in [0.2, 0.25) is 0 Å². The van der Waals surface area contributed by atoms with Crippen LogP contribution in [0.1, 0.15) is 297 Å². The fraction of sp³-hybridized carbons (Fsp3) is 0.857. The smallest absolute Gasteiger partial charge is 0.305 e. The molecule has 0 aliphatic heterocycles. The highest BCUT2D eigenvalue weighted by atomic mass is 16.6. The molecule has 0 N–H and O–H groups in total. The van der Waals surface area contributed by atoms with E-state index in [4.69, 9.17) is 14.2 Å². The Morgan fingerprint density at radius 1 is 0.329 bits per heavy atom. The molecular weight excluding hydrogens is 867 g/mol. The predicted molar refractivity (Wildman–Crippen MR) is 301 cm³/mol. The number of unbranched alkanes of at least 4 members (excludes halogenated alkanes) is 33. The maximum atomic E-state index is 13.2. The van der Waals surface area contributed by atoms with Gasteiger partial charge < -0.3 is 18.7 Å². The van der Waals surface area contributed by atoms with Gasteiger partial charge in [0, 0.05) is 25.7 Å². The minimum atomic E-state index is -0.805. The molecule has 0 fully saturated rings. The van der Waals surface area contributed by atoms with Crippen molar-refractivity contribution >= 4 is 17.9 Å². The normalized spacial score (nSPS) is 12.3. The van der Waals surface area contributed by atoms with E-state index in [2.05, 4.69) is 78.4 Å². The molecule has 0 aromatic heterocycles. The zero-order chi connectivity index (χ0) is 51.3. The van der Waals surface area contributed by atoms with Gasteiger partial charge in [0.15, 0.2) is 0 Å². The molecule has 0 radical (unpaired) electrons. The van der Waals surface area contributed by atoms with Gasteiger partial charge in [-0.15, -0.1) is 0 Å². The Bertz CT molecular complexity index is 1110. The molecular formula is C63H118NO6+. The van der Waals surface area contributed by atoms with E-state index in [1.54, 1.807) is 0 Å². The number of allylic oxidation sites excluding steroid dienone is 6. The van der Waals surface area contributed by atoms with E-state index in [1.807, 2.05) is 0 Å². The van der Waals surface area contributed by atoms with Crippen molar-refractivity contribution in [2.45, 2.75) is 297 Å². The molecule has 7 nitrogen and oxygen atoms in total.